The van der Waals surface area contributed by atoms with Gasteiger partial charge in [-0.25, -0.2) is 0 Å². The molecule has 1 fully saturated rings. The van der Waals surface area contributed by atoms with Gasteiger partial charge in [0.15, 0.2) is 5.11 Å². The van der Waals surface area contributed by atoms with Crippen molar-refractivity contribution in [3.63, 3.8) is 0 Å². The summed E-state index contributed by atoms with van der Waals surface area (Å²) in [5.41, 5.74) is 2.34. The fourth-order valence-corrected chi connectivity index (χ4v) is 1.57. The zero-order valence-electron chi connectivity index (χ0n) is 9.43. The molecule has 2 N–H and O–H groups in total. The molecule has 0 amide bonds. The molecule has 18 heavy (non-hydrogen) atoms. The maximum Gasteiger partial charge on any atom is 0.161 e. The van der Waals surface area contributed by atoms with Crippen LogP contribution in [0.25, 0.3) is 6.08 Å². The van der Waals surface area contributed by atoms with Crippen LogP contribution in [0.5, 0.6) is 0 Å². The van der Waals surface area contributed by atoms with Gasteiger partial charge in [0, 0.05) is 23.6 Å². The number of thiocarbonyl (C=S) groups is 1. The van der Waals surface area contributed by atoms with Gasteiger partial charge in [-0.3, -0.25) is 0 Å². The molecule has 1 saturated heterocycles. The summed E-state index contributed by atoms with van der Waals surface area (Å²) in [6.07, 6.45) is 2.09. The minimum absolute atomic E-state index is 0. The van der Waals surface area contributed by atoms with E-state index in [-0.39, 0.29) is 17.1 Å². The number of rotatable bonds is 1. The fraction of sp³-hybridized carbons (Fsp3) is 0.0714. The Balaban J connectivity index is 0.000000230. The summed E-state index contributed by atoms with van der Waals surface area (Å²) < 4.78 is 0. The van der Waals surface area contributed by atoms with Crippen LogP contribution in [-0.2, 0) is 17.1 Å². The Hall–Kier alpha value is -1.35. The van der Waals surface area contributed by atoms with Crippen LogP contribution in [0.15, 0.2) is 36.0 Å². The van der Waals surface area contributed by atoms with Crippen molar-refractivity contribution in [3.05, 3.63) is 65.9 Å². The monoisotopic (exact) mass is 294 g/mol. The van der Waals surface area contributed by atoms with E-state index in [9.17, 15) is 0 Å². The van der Waals surface area contributed by atoms with Gasteiger partial charge in [0.2, 0.25) is 0 Å². The Kier molecular flexibility index (Phi) is 6.44. The fourth-order valence-electron chi connectivity index (χ4n) is 1.36. The third-order valence-corrected chi connectivity index (χ3v) is 2.34. The van der Waals surface area contributed by atoms with Crippen LogP contribution in [0.4, 0.5) is 0 Å². The minimum atomic E-state index is 0. The Morgan fingerprint density at radius 3 is 2.39 bits per heavy atom. The van der Waals surface area contributed by atoms with E-state index in [1.165, 1.54) is 5.56 Å². The maximum atomic E-state index is 4.93. The molecule has 2 aromatic rings. The second-order valence-electron chi connectivity index (χ2n) is 3.38. The van der Waals surface area contributed by atoms with Gasteiger partial charge in [-0.1, -0.05) is 0 Å². The first-order valence-electron chi connectivity index (χ1n) is 5.14. The Morgan fingerprint density at radius 1 is 1.28 bits per heavy atom. The van der Waals surface area contributed by atoms with Gasteiger partial charge in [0.1, 0.15) is 0 Å². The maximum absolute atomic E-state index is 4.93. The standard InChI is InChI=1S/C9H9N2S.C5H.Fe/c12-9-10-6-8(11-9)5-7-3-1-2-4-7;1-2-4-5-3-1;/h1-5H,6H2,(H2,10,11,12);1H;/q-1;-5;. The second-order valence-corrected chi connectivity index (χ2v) is 3.79. The van der Waals surface area contributed by atoms with E-state index >= 15 is 0 Å². The zero-order chi connectivity index (χ0) is 11.9. The largest absolute Gasteiger partial charge is 0.999 e. The Bertz CT molecular complexity index is 455. The van der Waals surface area contributed by atoms with E-state index in [1.807, 2.05) is 12.1 Å². The van der Waals surface area contributed by atoms with Crippen LogP contribution in [0, 0.1) is 24.3 Å². The molecule has 0 bridgehead atoms. The molecule has 2 aromatic carbocycles. The molecule has 96 valence electrons. The molecule has 2 nitrogen and oxygen atoms in total. The predicted molar refractivity (Wildman–Crippen MR) is 71.1 cm³/mol. The number of hydrogen-bond donors (Lipinski definition) is 2. The summed E-state index contributed by atoms with van der Waals surface area (Å²) in [6.45, 7) is 0.810. The van der Waals surface area contributed by atoms with Crippen molar-refractivity contribution in [2.75, 3.05) is 6.54 Å². The van der Waals surface area contributed by atoms with Crippen molar-refractivity contribution in [2.24, 2.45) is 0 Å². The van der Waals surface area contributed by atoms with Crippen molar-refractivity contribution in [3.8, 4) is 0 Å². The minimum Gasteiger partial charge on any atom is -0.999 e. The molecule has 0 atom stereocenters. The summed E-state index contributed by atoms with van der Waals surface area (Å²) in [7, 11) is 0. The first kappa shape index (κ1) is 14.7. The van der Waals surface area contributed by atoms with Crippen molar-refractivity contribution < 1.29 is 17.1 Å². The van der Waals surface area contributed by atoms with Crippen molar-refractivity contribution in [2.45, 2.75) is 0 Å². The van der Waals surface area contributed by atoms with Gasteiger partial charge in [0.25, 0.3) is 0 Å². The SMILES string of the molecule is S=C1NCC(=C[c-]2cccc2)N1.[Fe].[c-]1[c-][c-][cH-][c-]1. The van der Waals surface area contributed by atoms with Crippen LogP contribution in [0.1, 0.15) is 5.56 Å². The van der Waals surface area contributed by atoms with Crippen molar-refractivity contribution >= 4 is 23.4 Å². The molecule has 0 aromatic heterocycles. The van der Waals surface area contributed by atoms with Crippen LogP contribution >= 0.6 is 12.2 Å². The summed E-state index contributed by atoms with van der Waals surface area (Å²) in [5, 5.41) is 6.82. The third kappa shape index (κ3) is 4.88. The normalized spacial score (nSPS) is 15.1. The first-order valence-corrected chi connectivity index (χ1v) is 5.55. The van der Waals surface area contributed by atoms with Crippen molar-refractivity contribution in [1.29, 1.82) is 0 Å². The smallest absolute Gasteiger partial charge is 0.161 e. The van der Waals surface area contributed by atoms with E-state index in [0.29, 0.717) is 5.11 Å². The Morgan fingerprint density at radius 2 is 1.94 bits per heavy atom. The van der Waals surface area contributed by atoms with E-state index in [2.05, 4.69) is 53.1 Å². The first-order chi connectivity index (χ1) is 8.34. The van der Waals surface area contributed by atoms with Crippen LogP contribution in [-0.4, -0.2) is 11.7 Å². The van der Waals surface area contributed by atoms with Gasteiger partial charge >= 0.3 is 0 Å². The average molecular weight is 294 g/mol. The molecule has 1 heterocycles. The molecular formula is C14H10FeN2S-6. The van der Waals surface area contributed by atoms with Gasteiger partial charge in [-0.2, -0.15) is 12.1 Å². The molecule has 0 spiro atoms. The average Bonchev–Trinajstić information content (AvgIpc) is 3.02. The van der Waals surface area contributed by atoms with E-state index in [1.54, 1.807) is 6.07 Å². The van der Waals surface area contributed by atoms with E-state index in [0.717, 1.165) is 12.2 Å². The summed E-state index contributed by atoms with van der Waals surface area (Å²) in [5.74, 6) is 0. The summed E-state index contributed by atoms with van der Waals surface area (Å²) in [4.78, 5) is 0. The Labute approximate surface area is 123 Å². The van der Waals surface area contributed by atoms with Crippen LogP contribution in [0.3, 0.4) is 0 Å². The van der Waals surface area contributed by atoms with Crippen molar-refractivity contribution in [1.82, 2.24) is 10.6 Å². The van der Waals surface area contributed by atoms with Gasteiger partial charge < -0.3 is 41.0 Å². The van der Waals surface area contributed by atoms with Crippen LogP contribution in [0.2, 0.25) is 0 Å². The van der Waals surface area contributed by atoms with E-state index < -0.39 is 0 Å². The quantitative estimate of drug-likeness (QED) is 0.477. The van der Waals surface area contributed by atoms with Gasteiger partial charge in [-0.15, -0.1) is 23.8 Å². The molecule has 0 aliphatic carbocycles. The molecule has 0 saturated carbocycles. The molecule has 1 aliphatic rings. The predicted octanol–water partition coefficient (Wildman–Crippen LogP) is 1.83. The summed E-state index contributed by atoms with van der Waals surface area (Å²) in [6, 6.07) is 20.2. The van der Waals surface area contributed by atoms with Gasteiger partial charge in [-0.05, 0) is 17.9 Å². The van der Waals surface area contributed by atoms with E-state index in [4.69, 9.17) is 12.2 Å². The second kappa shape index (κ2) is 7.88. The molecule has 3 rings (SSSR count). The van der Waals surface area contributed by atoms with Gasteiger partial charge in [0.05, 0.1) is 0 Å². The molecule has 0 radical (unpaired) electrons. The molecular weight excluding hydrogens is 284 g/mol. The number of hydrogen-bond acceptors (Lipinski definition) is 1. The number of nitrogens with one attached hydrogen (secondary N) is 2. The molecule has 4 heteroatoms. The zero-order valence-corrected chi connectivity index (χ0v) is 11.4. The topological polar surface area (TPSA) is 24.1 Å². The van der Waals surface area contributed by atoms with Crippen LogP contribution < -0.4 is 10.6 Å². The summed E-state index contributed by atoms with van der Waals surface area (Å²) >= 11 is 4.93. The molecule has 0 unspecified atom stereocenters. The third-order valence-electron chi connectivity index (χ3n) is 2.09. The molecule has 1 aliphatic heterocycles.